The molecule has 0 bridgehead atoms. The quantitative estimate of drug-likeness (QED) is 0.345. The van der Waals surface area contributed by atoms with Gasteiger partial charge < -0.3 is 15.1 Å². The molecule has 3 nitrogen and oxygen atoms in total. The van der Waals surface area contributed by atoms with Crippen LogP contribution in [0.15, 0.2) is 97.1 Å². The van der Waals surface area contributed by atoms with E-state index in [0.29, 0.717) is 0 Å². The van der Waals surface area contributed by atoms with Crippen molar-refractivity contribution in [3.63, 3.8) is 0 Å². The minimum atomic E-state index is 1.13. The highest BCUT2D eigenvalue weighted by atomic mass is 15.3. The van der Waals surface area contributed by atoms with Gasteiger partial charge in [0.2, 0.25) is 0 Å². The molecule has 0 radical (unpaired) electrons. The van der Waals surface area contributed by atoms with Gasteiger partial charge in [0.25, 0.3) is 0 Å². The summed E-state index contributed by atoms with van der Waals surface area (Å²) in [4.78, 5) is 4.73. The third kappa shape index (κ3) is 1.97. The molecule has 2 heterocycles. The van der Waals surface area contributed by atoms with Crippen LogP contribution < -0.4 is 15.1 Å². The van der Waals surface area contributed by atoms with Crippen LogP contribution in [-0.2, 0) is 0 Å². The van der Waals surface area contributed by atoms with Crippen LogP contribution in [0.4, 0.5) is 45.5 Å². The van der Waals surface area contributed by atoms with E-state index in [0.717, 1.165) is 17.1 Å². The highest BCUT2D eigenvalue weighted by Crippen LogP contribution is 2.59. The van der Waals surface area contributed by atoms with E-state index in [4.69, 9.17) is 0 Å². The van der Waals surface area contributed by atoms with Gasteiger partial charge in [-0.05, 0) is 48.5 Å². The summed E-state index contributed by atoms with van der Waals surface area (Å²) in [5.74, 6) is 0. The molecule has 2 aliphatic heterocycles. The van der Waals surface area contributed by atoms with Crippen molar-refractivity contribution in [3.8, 4) is 0 Å². The second-order valence-corrected chi connectivity index (χ2v) is 6.81. The second-order valence-electron chi connectivity index (χ2n) is 6.81. The Bertz CT molecular complexity index is 1170. The first-order valence-corrected chi connectivity index (χ1v) is 9.15. The zero-order chi connectivity index (χ0) is 17.8. The maximum atomic E-state index is 3.61. The SMILES string of the molecule is c1ccc(N2c3ccccc3N3c4ccccc4Nc4cccc2c43)cc1. The van der Waals surface area contributed by atoms with E-state index in [-0.39, 0.29) is 0 Å². The van der Waals surface area contributed by atoms with Crippen LogP contribution >= 0.6 is 0 Å². The molecule has 4 aromatic carbocycles. The maximum absolute atomic E-state index is 3.61. The minimum Gasteiger partial charge on any atom is -0.352 e. The van der Waals surface area contributed by atoms with Crippen molar-refractivity contribution >= 4 is 45.5 Å². The first kappa shape index (κ1) is 14.4. The van der Waals surface area contributed by atoms with Crippen molar-refractivity contribution in [1.29, 1.82) is 0 Å². The molecule has 0 atom stereocenters. The summed E-state index contributed by atoms with van der Waals surface area (Å²) >= 11 is 0. The summed E-state index contributed by atoms with van der Waals surface area (Å²) in [7, 11) is 0. The Balaban J connectivity index is 1.70. The molecule has 0 unspecified atom stereocenters. The van der Waals surface area contributed by atoms with E-state index < -0.39 is 0 Å². The largest absolute Gasteiger partial charge is 0.352 e. The van der Waals surface area contributed by atoms with Crippen LogP contribution in [0.1, 0.15) is 0 Å². The van der Waals surface area contributed by atoms with E-state index >= 15 is 0 Å². The number of rotatable bonds is 1. The smallest absolute Gasteiger partial charge is 0.0942 e. The zero-order valence-electron chi connectivity index (χ0n) is 14.6. The van der Waals surface area contributed by atoms with Gasteiger partial charge in [-0.15, -0.1) is 0 Å². The molecule has 2 aliphatic rings. The van der Waals surface area contributed by atoms with Crippen molar-refractivity contribution in [2.24, 2.45) is 0 Å². The molecule has 6 rings (SSSR count). The van der Waals surface area contributed by atoms with Crippen molar-refractivity contribution in [2.45, 2.75) is 0 Å². The number of nitrogens with one attached hydrogen (secondary N) is 1. The lowest BCUT2D eigenvalue weighted by Gasteiger charge is -2.43. The number of fused-ring (bicyclic) bond motifs is 4. The fraction of sp³-hybridized carbons (Fsp3) is 0. The Labute approximate surface area is 158 Å². The molecule has 0 saturated heterocycles. The first-order valence-electron chi connectivity index (χ1n) is 9.15. The standard InChI is InChI=1S/C24H17N3/c1-2-9-17(10-3-1)26-21-14-6-7-15-22(21)27-20-13-5-4-11-18(20)25-19-12-8-16-23(26)24(19)27/h1-16,25H. The van der Waals surface area contributed by atoms with Gasteiger partial charge in [0.15, 0.2) is 0 Å². The van der Waals surface area contributed by atoms with Gasteiger partial charge in [-0.25, -0.2) is 0 Å². The van der Waals surface area contributed by atoms with Crippen LogP contribution in [-0.4, -0.2) is 0 Å². The molecule has 0 aliphatic carbocycles. The summed E-state index contributed by atoms with van der Waals surface area (Å²) in [6.07, 6.45) is 0. The predicted molar refractivity (Wildman–Crippen MR) is 113 cm³/mol. The average Bonchev–Trinajstić information content (AvgIpc) is 2.74. The Hall–Kier alpha value is -3.72. The number of nitrogens with zero attached hydrogens (tertiary/aromatic N) is 2. The number of hydrogen-bond donors (Lipinski definition) is 1. The van der Waals surface area contributed by atoms with Gasteiger partial charge in [0, 0.05) is 5.69 Å². The third-order valence-corrected chi connectivity index (χ3v) is 5.27. The lowest BCUT2D eigenvalue weighted by Crippen LogP contribution is -2.27. The van der Waals surface area contributed by atoms with Crippen LogP contribution in [0.3, 0.4) is 0 Å². The second kappa shape index (κ2) is 5.39. The van der Waals surface area contributed by atoms with E-state index in [1.165, 1.54) is 28.4 Å². The number of benzene rings is 4. The molecule has 0 fully saturated rings. The molecule has 0 aromatic heterocycles. The monoisotopic (exact) mass is 347 g/mol. The topological polar surface area (TPSA) is 18.5 Å². The molecule has 128 valence electrons. The van der Waals surface area contributed by atoms with Crippen LogP contribution in [0, 0.1) is 0 Å². The Morgan fingerprint density at radius 2 is 1.04 bits per heavy atom. The van der Waals surface area contributed by atoms with Gasteiger partial charge in [0.1, 0.15) is 0 Å². The van der Waals surface area contributed by atoms with Crippen molar-refractivity contribution in [2.75, 3.05) is 15.1 Å². The number of para-hydroxylation sites is 6. The minimum absolute atomic E-state index is 1.13. The highest BCUT2D eigenvalue weighted by molar-refractivity contribution is 6.09. The summed E-state index contributed by atoms with van der Waals surface area (Å²) in [5, 5.41) is 3.61. The van der Waals surface area contributed by atoms with Gasteiger partial charge in [-0.1, -0.05) is 48.5 Å². The van der Waals surface area contributed by atoms with Gasteiger partial charge in [0.05, 0.1) is 39.8 Å². The lowest BCUT2D eigenvalue weighted by atomic mass is 10.0. The molecular weight excluding hydrogens is 330 g/mol. The fourth-order valence-electron chi connectivity index (χ4n) is 4.17. The summed E-state index contributed by atoms with van der Waals surface area (Å²) in [6, 6.07) is 34.1. The number of hydrogen-bond acceptors (Lipinski definition) is 3. The molecule has 0 spiro atoms. The van der Waals surface area contributed by atoms with E-state index in [9.17, 15) is 0 Å². The average molecular weight is 347 g/mol. The van der Waals surface area contributed by atoms with E-state index in [1.54, 1.807) is 0 Å². The number of anilines is 8. The first-order chi connectivity index (χ1) is 13.4. The Morgan fingerprint density at radius 3 is 1.85 bits per heavy atom. The zero-order valence-corrected chi connectivity index (χ0v) is 14.6. The maximum Gasteiger partial charge on any atom is 0.0942 e. The molecule has 4 aromatic rings. The van der Waals surface area contributed by atoms with E-state index in [2.05, 4.69) is 112 Å². The fourth-order valence-corrected chi connectivity index (χ4v) is 4.17. The van der Waals surface area contributed by atoms with Crippen LogP contribution in [0.2, 0.25) is 0 Å². The van der Waals surface area contributed by atoms with E-state index in [1.807, 2.05) is 0 Å². The normalized spacial score (nSPS) is 13.3. The van der Waals surface area contributed by atoms with Gasteiger partial charge >= 0.3 is 0 Å². The molecule has 27 heavy (non-hydrogen) atoms. The predicted octanol–water partition coefficient (Wildman–Crippen LogP) is 7.00. The lowest BCUT2D eigenvalue weighted by molar-refractivity contribution is 1.16. The molecule has 0 amide bonds. The van der Waals surface area contributed by atoms with Crippen molar-refractivity contribution in [1.82, 2.24) is 0 Å². The van der Waals surface area contributed by atoms with Crippen LogP contribution in [0.25, 0.3) is 0 Å². The third-order valence-electron chi connectivity index (χ3n) is 5.27. The van der Waals surface area contributed by atoms with Gasteiger partial charge in [-0.3, -0.25) is 0 Å². The molecule has 1 N–H and O–H groups in total. The van der Waals surface area contributed by atoms with Gasteiger partial charge in [-0.2, -0.15) is 0 Å². The highest BCUT2D eigenvalue weighted by Gasteiger charge is 2.35. The Morgan fingerprint density at radius 1 is 0.444 bits per heavy atom. The summed E-state index contributed by atoms with van der Waals surface area (Å²) in [5.41, 5.74) is 9.35. The summed E-state index contributed by atoms with van der Waals surface area (Å²) in [6.45, 7) is 0. The Kier molecular flexibility index (Phi) is 2.88. The van der Waals surface area contributed by atoms with Crippen molar-refractivity contribution < 1.29 is 0 Å². The molecule has 0 saturated carbocycles. The van der Waals surface area contributed by atoms with Crippen LogP contribution in [0.5, 0.6) is 0 Å². The molecule has 3 heteroatoms. The van der Waals surface area contributed by atoms with Crippen molar-refractivity contribution in [3.05, 3.63) is 97.1 Å². The summed E-state index contributed by atoms with van der Waals surface area (Å²) < 4.78 is 0. The molecular formula is C24H17N3.